The van der Waals surface area contributed by atoms with Gasteiger partial charge in [0.05, 0.1) is 17.4 Å². The van der Waals surface area contributed by atoms with Gasteiger partial charge in [-0.25, -0.2) is 9.96 Å². The van der Waals surface area contributed by atoms with Crippen LogP contribution in [0.15, 0.2) is 78.9 Å². The monoisotopic (exact) mass is 447 g/mol. The van der Waals surface area contributed by atoms with Crippen LogP contribution >= 0.6 is 11.6 Å². The highest BCUT2D eigenvalue weighted by atomic mass is 35.5. The molecule has 0 unspecified atom stereocenters. The van der Waals surface area contributed by atoms with Crippen molar-refractivity contribution in [3.63, 3.8) is 0 Å². The van der Waals surface area contributed by atoms with E-state index >= 15 is 0 Å². The summed E-state index contributed by atoms with van der Waals surface area (Å²) in [5, 5.41) is 2.24. The van der Waals surface area contributed by atoms with Crippen LogP contribution in [0, 0.1) is 5.92 Å². The molecule has 3 aromatic carbocycles. The van der Waals surface area contributed by atoms with Crippen molar-refractivity contribution in [3.8, 4) is 0 Å². The first-order chi connectivity index (χ1) is 15.5. The minimum absolute atomic E-state index is 0.276. The van der Waals surface area contributed by atoms with Crippen molar-refractivity contribution in [1.82, 2.24) is 0 Å². The zero-order valence-electron chi connectivity index (χ0n) is 17.7. The van der Waals surface area contributed by atoms with Gasteiger partial charge < -0.3 is 4.90 Å². The summed E-state index contributed by atoms with van der Waals surface area (Å²) in [6.45, 7) is 0. The lowest BCUT2D eigenvalue weighted by Crippen LogP contribution is -2.37. The number of rotatable bonds is 4. The third-order valence-corrected chi connectivity index (χ3v) is 6.21. The minimum Gasteiger partial charge on any atom is -0.378 e. The number of hydrogen-bond acceptors (Lipinski definition) is 5. The second kappa shape index (κ2) is 7.97. The van der Waals surface area contributed by atoms with Crippen molar-refractivity contribution in [2.45, 2.75) is 12.1 Å². The average Bonchev–Trinajstić information content (AvgIpc) is 3.31. The molecule has 3 atom stereocenters. The maximum absolute atomic E-state index is 13.6. The third kappa shape index (κ3) is 3.32. The number of fused-ring (bicyclic) bond motifs is 1. The Morgan fingerprint density at radius 3 is 2.09 bits per heavy atom. The number of amides is 2. The first-order valence-electron chi connectivity index (χ1n) is 10.4. The first kappa shape index (κ1) is 20.5. The van der Waals surface area contributed by atoms with E-state index in [0.717, 1.165) is 16.9 Å². The maximum atomic E-state index is 13.6. The van der Waals surface area contributed by atoms with Crippen LogP contribution < -0.4 is 14.9 Å². The molecule has 2 fully saturated rings. The fourth-order valence-electron chi connectivity index (χ4n) is 4.37. The van der Waals surface area contributed by atoms with E-state index in [0.29, 0.717) is 10.7 Å². The molecule has 2 aliphatic rings. The van der Waals surface area contributed by atoms with Crippen molar-refractivity contribution < 1.29 is 14.4 Å². The van der Waals surface area contributed by atoms with Gasteiger partial charge in [-0.3, -0.25) is 14.4 Å². The van der Waals surface area contributed by atoms with Crippen LogP contribution in [-0.2, 0) is 14.4 Å². The predicted molar refractivity (Wildman–Crippen MR) is 125 cm³/mol. The van der Waals surface area contributed by atoms with Crippen molar-refractivity contribution in [2.75, 3.05) is 29.0 Å². The number of benzene rings is 3. The van der Waals surface area contributed by atoms with E-state index in [1.54, 1.807) is 29.3 Å². The second-order valence-corrected chi connectivity index (χ2v) is 8.57. The van der Waals surface area contributed by atoms with Gasteiger partial charge >= 0.3 is 0 Å². The number of hydrogen-bond donors (Lipinski definition) is 0. The normalized spacial score (nSPS) is 22.4. The summed E-state index contributed by atoms with van der Waals surface area (Å²) in [5.41, 5.74) is 3.25. The summed E-state index contributed by atoms with van der Waals surface area (Å²) >= 11 is 5.99. The fourth-order valence-corrected chi connectivity index (χ4v) is 4.49. The van der Waals surface area contributed by atoms with Crippen LogP contribution in [0.5, 0.6) is 0 Å². The van der Waals surface area contributed by atoms with Crippen molar-refractivity contribution in [3.05, 3.63) is 89.4 Å². The minimum atomic E-state index is -0.892. The Balaban J connectivity index is 1.56. The van der Waals surface area contributed by atoms with E-state index in [1.807, 2.05) is 73.6 Å². The van der Waals surface area contributed by atoms with Gasteiger partial charge in [-0.15, -0.1) is 0 Å². The van der Waals surface area contributed by atoms with E-state index < -0.39 is 18.1 Å². The molecule has 0 aromatic heterocycles. The van der Waals surface area contributed by atoms with E-state index in [1.165, 1.54) is 4.90 Å². The number of imide groups is 1. The lowest BCUT2D eigenvalue weighted by Gasteiger charge is -2.29. The summed E-state index contributed by atoms with van der Waals surface area (Å²) in [4.78, 5) is 36.3. The van der Waals surface area contributed by atoms with E-state index in [-0.39, 0.29) is 11.8 Å². The van der Waals surface area contributed by atoms with Gasteiger partial charge in [0.1, 0.15) is 5.92 Å². The van der Waals surface area contributed by atoms with Crippen molar-refractivity contribution in [2.24, 2.45) is 5.92 Å². The van der Waals surface area contributed by atoms with Crippen molar-refractivity contribution in [1.29, 1.82) is 0 Å². The molecule has 5 rings (SSSR count). The number of carbonyl (C=O) groups excluding carboxylic acids is 2. The Labute approximate surface area is 191 Å². The Kier molecular flexibility index (Phi) is 5.12. The fraction of sp³-hybridized carbons (Fsp3) is 0.200. The van der Waals surface area contributed by atoms with Gasteiger partial charge in [0, 0.05) is 24.8 Å². The molecular weight excluding hydrogens is 426 g/mol. The summed E-state index contributed by atoms with van der Waals surface area (Å²) < 4.78 is 0. The summed E-state index contributed by atoms with van der Waals surface area (Å²) in [5.74, 6) is -1.30. The standard InChI is InChI=1S/C25H22ClN3O3/c1-27(2)18-12-8-16(9-13-18)22-21-23(32-29(22)20-6-4-3-5-7-20)25(31)28(24(21)30)19-14-10-17(26)11-15-19/h3-15,21-23H,1-2H3/t21-,22-,23-/m0/s1. The number of anilines is 3. The molecule has 0 radical (unpaired) electrons. The maximum Gasteiger partial charge on any atom is 0.266 e. The Bertz CT molecular complexity index is 1150. The molecule has 32 heavy (non-hydrogen) atoms. The lowest BCUT2D eigenvalue weighted by molar-refractivity contribution is -0.126. The summed E-state index contributed by atoms with van der Waals surface area (Å²) in [6.07, 6.45) is -0.892. The zero-order chi connectivity index (χ0) is 22.4. The highest BCUT2D eigenvalue weighted by Gasteiger charge is 2.60. The number of hydroxylamine groups is 1. The van der Waals surface area contributed by atoms with Gasteiger partial charge in [0.2, 0.25) is 5.91 Å². The van der Waals surface area contributed by atoms with E-state index in [2.05, 4.69) is 0 Å². The third-order valence-electron chi connectivity index (χ3n) is 5.96. The Morgan fingerprint density at radius 2 is 1.47 bits per heavy atom. The molecule has 0 N–H and O–H groups in total. The van der Waals surface area contributed by atoms with E-state index in [9.17, 15) is 9.59 Å². The molecule has 0 spiro atoms. The molecule has 162 valence electrons. The van der Waals surface area contributed by atoms with Crippen LogP contribution in [0.2, 0.25) is 5.02 Å². The van der Waals surface area contributed by atoms with Gasteiger partial charge in [-0.1, -0.05) is 41.9 Å². The first-order valence-corrected chi connectivity index (χ1v) is 10.8. The lowest BCUT2D eigenvalue weighted by atomic mass is 9.90. The summed E-state index contributed by atoms with van der Waals surface area (Å²) in [6, 6.07) is 23.8. The highest BCUT2D eigenvalue weighted by Crippen LogP contribution is 2.47. The van der Waals surface area contributed by atoms with Gasteiger partial charge in [-0.2, -0.15) is 0 Å². The smallest absolute Gasteiger partial charge is 0.266 e. The molecule has 2 saturated heterocycles. The van der Waals surface area contributed by atoms with Gasteiger partial charge in [-0.05, 0) is 54.1 Å². The molecule has 0 bridgehead atoms. The molecule has 0 saturated carbocycles. The van der Waals surface area contributed by atoms with Crippen LogP contribution in [0.4, 0.5) is 17.1 Å². The molecule has 3 aromatic rings. The Morgan fingerprint density at radius 1 is 0.812 bits per heavy atom. The number of halogens is 1. The van der Waals surface area contributed by atoms with Crippen LogP contribution in [0.3, 0.4) is 0 Å². The molecular formula is C25H22ClN3O3. The molecule has 7 heteroatoms. The second-order valence-electron chi connectivity index (χ2n) is 8.13. The quantitative estimate of drug-likeness (QED) is 0.553. The van der Waals surface area contributed by atoms with E-state index in [4.69, 9.17) is 16.4 Å². The number of para-hydroxylation sites is 1. The topological polar surface area (TPSA) is 53.1 Å². The highest BCUT2D eigenvalue weighted by molar-refractivity contribution is 6.31. The van der Waals surface area contributed by atoms with Gasteiger partial charge in [0.15, 0.2) is 6.10 Å². The molecule has 2 aliphatic heterocycles. The molecule has 6 nitrogen and oxygen atoms in total. The zero-order valence-corrected chi connectivity index (χ0v) is 18.4. The van der Waals surface area contributed by atoms with Crippen LogP contribution in [0.1, 0.15) is 11.6 Å². The summed E-state index contributed by atoms with van der Waals surface area (Å²) in [7, 11) is 3.95. The average molecular weight is 448 g/mol. The van der Waals surface area contributed by atoms with Crippen molar-refractivity contribution >= 4 is 40.5 Å². The molecule has 2 amide bonds. The predicted octanol–water partition coefficient (Wildman–Crippen LogP) is 4.46. The van der Waals surface area contributed by atoms with Crippen LogP contribution in [0.25, 0.3) is 0 Å². The number of nitrogens with zero attached hydrogens (tertiary/aromatic N) is 3. The Hall–Kier alpha value is -3.35. The van der Waals surface area contributed by atoms with Gasteiger partial charge in [0.25, 0.3) is 5.91 Å². The number of carbonyl (C=O) groups is 2. The van der Waals surface area contributed by atoms with Crippen LogP contribution in [-0.4, -0.2) is 32.0 Å². The molecule has 0 aliphatic carbocycles. The largest absolute Gasteiger partial charge is 0.378 e. The molecule has 2 heterocycles. The SMILES string of the molecule is CN(C)c1ccc([C@H]2[C@@H]3C(=O)N(c4ccc(Cl)cc4)C(=O)[C@H]3ON2c2ccccc2)cc1.